The van der Waals surface area contributed by atoms with Crippen LogP contribution in [0.2, 0.25) is 5.02 Å². The molecule has 1 aliphatic heterocycles. The van der Waals surface area contributed by atoms with Gasteiger partial charge in [-0.15, -0.1) is 0 Å². The lowest BCUT2D eigenvalue weighted by atomic mass is 10.1. The Hall–Kier alpha value is -1.30. The Labute approximate surface area is 123 Å². The third-order valence-corrected chi connectivity index (χ3v) is 3.77. The van der Waals surface area contributed by atoms with E-state index in [1.807, 2.05) is 19.0 Å². The molecule has 1 aromatic carbocycles. The van der Waals surface area contributed by atoms with Gasteiger partial charge in [0, 0.05) is 24.8 Å². The molecule has 0 bridgehead atoms. The summed E-state index contributed by atoms with van der Waals surface area (Å²) < 4.78 is 0. The number of benzene rings is 1. The van der Waals surface area contributed by atoms with E-state index in [0.717, 1.165) is 6.54 Å². The normalized spacial score (nSPS) is 22.6. The van der Waals surface area contributed by atoms with Gasteiger partial charge in [0.15, 0.2) is 0 Å². The SMILES string of the molecule is CN(C)CC1CC(O)CN1C(=O)c1ccc(N)cc1Cl. The van der Waals surface area contributed by atoms with E-state index < -0.39 is 6.10 Å². The van der Waals surface area contributed by atoms with Crippen LogP contribution in [-0.4, -0.2) is 60.1 Å². The van der Waals surface area contributed by atoms with E-state index in [2.05, 4.69) is 0 Å². The van der Waals surface area contributed by atoms with Crippen molar-refractivity contribution in [1.82, 2.24) is 9.80 Å². The number of halogens is 1. The number of anilines is 1. The fourth-order valence-corrected chi connectivity index (χ4v) is 2.86. The van der Waals surface area contributed by atoms with Crippen molar-refractivity contribution >= 4 is 23.2 Å². The van der Waals surface area contributed by atoms with Crippen molar-refractivity contribution in [2.24, 2.45) is 0 Å². The number of carbonyl (C=O) groups is 1. The third-order valence-electron chi connectivity index (χ3n) is 3.45. The first-order valence-corrected chi connectivity index (χ1v) is 6.95. The Morgan fingerprint density at radius 1 is 1.55 bits per heavy atom. The van der Waals surface area contributed by atoms with Crippen molar-refractivity contribution in [2.45, 2.75) is 18.6 Å². The van der Waals surface area contributed by atoms with Crippen molar-refractivity contribution in [3.63, 3.8) is 0 Å². The molecule has 6 heteroatoms. The Balaban J connectivity index is 2.22. The minimum Gasteiger partial charge on any atom is -0.399 e. The highest BCUT2D eigenvalue weighted by Crippen LogP contribution is 2.25. The molecule has 2 unspecified atom stereocenters. The lowest BCUT2D eigenvalue weighted by molar-refractivity contribution is 0.0699. The summed E-state index contributed by atoms with van der Waals surface area (Å²) in [4.78, 5) is 16.3. The van der Waals surface area contributed by atoms with E-state index in [-0.39, 0.29) is 11.9 Å². The van der Waals surface area contributed by atoms with Gasteiger partial charge in [-0.2, -0.15) is 0 Å². The molecular weight excluding hydrogens is 278 g/mol. The lowest BCUT2D eigenvalue weighted by Crippen LogP contribution is -2.41. The van der Waals surface area contributed by atoms with Crippen molar-refractivity contribution in [1.29, 1.82) is 0 Å². The molecule has 1 fully saturated rings. The monoisotopic (exact) mass is 297 g/mol. The number of likely N-dealkylation sites (tertiary alicyclic amines) is 1. The fourth-order valence-electron chi connectivity index (χ4n) is 2.59. The summed E-state index contributed by atoms with van der Waals surface area (Å²) in [6.07, 6.45) is 0.118. The van der Waals surface area contributed by atoms with Crippen molar-refractivity contribution in [3.8, 4) is 0 Å². The van der Waals surface area contributed by atoms with Crippen molar-refractivity contribution in [3.05, 3.63) is 28.8 Å². The molecule has 1 heterocycles. The average molecular weight is 298 g/mol. The van der Waals surface area contributed by atoms with Crippen LogP contribution >= 0.6 is 11.6 Å². The van der Waals surface area contributed by atoms with Crippen LogP contribution < -0.4 is 5.73 Å². The van der Waals surface area contributed by atoms with Gasteiger partial charge in [-0.3, -0.25) is 4.79 Å². The molecule has 1 aromatic rings. The maximum Gasteiger partial charge on any atom is 0.255 e. The molecule has 110 valence electrons. The Morgan fingerprint density at radius 2 is 2.25 bits per heavy atom. The lowest BCUT2D eigenvalue weighted by Gasteiger charge is -2.27. The number of rotatable bonds is 3. The Bertz CT molecular complexity index is 507. The van der Waals surface area contributed by atoms with Crippen molar-refractivity contribution in [2.75, 3.05) is 32.9 Å². The number of amides is 1. The Kier molecular flexibility index (Phi) is 4.52. The number of hydrogen-bond acceptors (Lipinski definition) is 4. The zero-order valence-corrected chi connectivity index (χ0v) is 12.5. The van der Waals surface area contributed by atoms with Gasteiger partial charge in [0.1, 0.15) is 0 Å². The van der Waals surface area contributed by atoms with Crippen LogP contribution in [0.5, 0.6) is 0 Å². The molecule has 0 radical (unpaired) electrons. The van der Waals surface area contributed by atoms with E-state index in [4.69, 9.17) is 17.3 Å². The minimum atomic E-state index is -0.476. The number of nitrogens with zero attached hydrogens (tertiary/aromatic N) is 2. The van der Waals surface area contributed by atoms with Gasteiger partial charge < -0.3 is 20.6 Å². The van der Waals surface area contributed by atoms with Crippen LogP contribution in [0.4, 0.5) is 5.69 Å². The summed E-state index contributed by atoms with van der Waals surface area (Å²) in [5, 5.41) is 10.2. The number of nitrogens with two attached hydrogens (primary N) is 1. The Morgan fingerprint density at radius 3 is 2.85 bits per heavy atom. The highest BCUT2D eigenvalue weighted by atomic mass is 35.5. The molecular formula is C14H20ClN3O2. The molecule has 1 saturated heterocycles. The molecule has 2 atom stereocenters. The highest BCUT2D eigenvalue weighted by molar-refractivity contribution is 6.34. The number of nitrogen functional groups attached to an aromatic ring is 1. The summed E-state index contributed by atoms with van der Waals surface area (Å²) in [7, 11) is 3.90. The van der Waals surface area contributed by atoms with E-state index in [9.17, 15) is 9.90 Å². The summed E-state index contributed by atoms with van der Waals surface area (Å²) in [5.41, 5.74) is 6.60. The molecule has 0 aromatic heterocycles. The highest BCUT2D eigenvalue weighted by Gasteiger charge is 2.35. The number of β-amino-alcohol motifs (C(OH)–C–C–N with tert-alkyl or cyclic N) is 1. The predicted octanol–water partition coefficient (Wildman–Crippen LogP) is 1.06. The van der Waals surface area contributed by atoms with E-state index >= 15 is 0 Å². The van der Waals surface area contributed by atoms with Gasteiger partial charge in [0.25, 0.3) is 5.91 Å². The van der Waals surface area contributed by atoms with Gasteiger partial charge in [0.2, 0.25) is 0 Å². The van der Waals surface area contributed by atoms with E-state index in [0.29, 0.717) is 29.2 Å². The summed E-state index contributed by atoms with van der Waals surface area (Å²) in [6, 6.07) is 4.87. The van der Waals surface area contributed by atoms with Gasteiger partial charge >= 0.3 is 0 Å². The molecule has 1 amide bonds. The van der Waals surface area contributed by atoms with Crippen LogP contribution in [0.25, 0.3) is 0 Å². The number of hydrogen-bond donors (Lipinski definition) is 2. The van der Waals surface area contributed by atoms with Gasteiger partial charge in [-0.05, 0) is 38.7 Å². The topological polar surface area (TPSA) is 69.8 Å². The van der Waals surface area contributed by atoms with Gasteiger partial charge in [-0.1, -0.05) is 11.6 Å². The van der Waals surface area contributed by atoms with Crippen LogP contribution in [0.1, 0.15) is 16.8 Å². The summed E-state index contributed by atoms with van der Waals surface area (Å²) in [5.74, 6) is -0.154. The van der Waals surface area contributed by atoms with E-state index in [1.54, 1.807) is 23.1 Å². The first-order valence-electron chi connectivity index (χ1n) is 6.57. The van der Waals surface area contributed by atoms with Crippen LogP contribution in [0, 0.1) is 0 Å². The minimum absolute atomic E-state index is 0.00104. The summed E-state index contributed by atoms with van der Waals surface area (Å²) in [6.45, 7) is 1.06. The predicted molar refractivity (Wildman–Crippen MR) is 79.9 cm³/mol. The first-order chi connectivity index (χ1) is 9.38. The van der Waals surface area contributed by atoms with Gasteiger partial charge in [-0.25, -0.2) is 0 Å². The van der Waals surface area contributed by atoms with Crippen LogP contribution in [0.15, 0.2) is 18.2 Å². The van der Waals surface area contributed by atoms with Crippen LogP contribution in [0.3, 0.4) is 0 Å². The molecule has 20 heavy (non-hydrogen) atoms. The zero-order chi connectivity index (χ0) is 14.9. The quantitative estimate of drug-likeness (QED) is 0.819. The molecule has 0 saturated carbocycles. The number of carbonyl (C=O) groups excluding carboxylic acids is 1. The second-order valence-electron chi connectivity index (χ2n) is 5.50. The fraction of sp³-hybridized carbons (Fsp3) is 0.500. The molecule has 0 spiro atoms. The summed E-state index contributed by atoms with van der Waals surface area (Å²) >= 11 is 6.09. The average Bonchev–Trinajstić information content (AvgIpc) is 2.68. The molecule has 3 N–H and O–H groups in total. The second-order valence-corrected chi connectivity index (χ2v) is 5.91. The number of likely N-dealkylation sites (N-methyl/N-ethyl adjacent to an activating group) is 1. The number of aliphatic hydroxyl groups is 1. The molecule has 5 nitrogen and oxygen atoms in total. The van der Waals surface area contributed by atoms with E-state index in [1.165, 1.54) is 0 Å². The molecule has 1 aliphatic rings. The standard InChI is InChI=1S/C14H20ClN3O2/c1-17(2)7-10-6-11(19)8-18(10)14(20)12-4-3-9(16)5-13(12)15/h3-5,10-11,19H,6-8,16H2,1-2H3. The first kappa shape index (κ1) is 15.1. The second kappa shape index (κ2) is 5.99. The van der Waals surface area contributed by atoms with Gasteiger partial charge in [0.05, 0.1) is 16.7 Å². The smallest absolute Gasteiger partial charge is 0.255 e. The zero-order valence-electron chi connectivity index (χ0n) is 11.7. The molecule has 0 aliphatic carbocycles. The van der Waals surface area contributed by atoms with Crippen molar-refractivity contribution < 1.29 is 9.90 Å². The maximum absolute atomic E-state index is 12.6. The maximum atomic E-state index is 12.6. The number of aliphatic hydroxyl groups excluding tert-OH is 1. The third kappa shape index (κ3) is 3.23. The van der Waals surface area contributed by atoms with Crippen LogP contribution in [-0.2, 0) is 0 Å². The largest absolute Gasteiger partial charge is 0.399 e. The molecule has 2 rings (SSSR count).